The lowest BCUT2D eigenvalue weighted by atomic mass is 10.1. The topological polar surface area (TPSA) is 38.8 Å². The van der Waals surface area contributed by atoms with Crippen LogP contribution in [0.2, 0.25) is 0 Å². The summed E-state index contributed by atoms with van der Waals surface area (Å²) in [5.41, 5.74) is 1.87. The van der Waals surface area contributed by atoms with Crippen LogP contribution in [0, 0.1) is 0 Å². The van der Waals surface area contributed by atoms with E-state index in [1.807, 2.05) is 5.38 Å². The number of benzene rings is 1. The largest absolute Gasteiger partial charge is 0.493 e. The molecule has 1 amide bonds. The van der Waals surface area contributed by atoms with Crippen molar-refractivity contribution in [1.29, 1.82) is 0 Å². The van der Waals surface area contributed by atoms with Crippen LogP contribution in [0.15, 0.2) is 35.7 Å². The zero-order valence-electron chi connectivity index (χ0n) is 13.6. The summed E-state index contributed by atoms with van der Waals surface area (Å²) in [5, 5.41) is 2.05. The third kappa shape index (κ3) is 4.17. The van der Waals surface area contributed by atoms with Gasteiger partial charge in [-0.15, -0.1) is 11.3 Å². The molecule has 1 aliphatic rings. The molecule has 1 aromatic carbocycles. The SMILES string of the molecule is COc1cc(/C=C/C(=O)N2CCc3sccc3C2)ccc1OC(F)F. The number of hydrogen-bond donors (Lipinski definition) is 0. The lowest BCUT2D eigenvalue weighted by molar-refractivity contribution is -0.126. The molecule has 0 N–H and O–H groups in total. The third-order valence-corrected chi connectivity index (χ3v) is 4.96. The second-order valence-electron chi connectivity index (χ2n) is 5.50. The van der Waals surface area contributed by atoms with Gasteiger partial charge in [-0.2, -0.15) is 8.78 Å². The van der Waals surface area contributed by atoms with Crippen molar-refractivity contribution in [3.05, 3.63) is 51.7 Å². The zero-order chi connectivity index (χ0) is 17.8. The minimum atomic E-state index is -2.92. The minimum absolute atomic E-state index is 0.0398. The van der Waals surface area contributed by atoms with E-state index in [0.29, 0.717) is 18.7 Å². The highest BCUT2D eigenvalue weighted by molar-refractivity contribution is 7.10. The Hall–Kier alpha value is -2.41. The van der Waals surface area contributed by atoms with Gasteiger partial charge in [0.1, 0.15) is 0 Å². The maximum Gasteiger partial charge on any atom is 0.387 e. The molecule has 25 heavy (non-hydrogen) atoms. The van der Waals surface area contributed by atoms with Gasteiger partial charge in [-0.3, -0.25) is 4.79 Å². The number of carbonyl (C=O) groups excluding carboxylic acids is 1. The van der Waals surface area contributed by atoms with E-state index in [0.717, 1.165) is 6.42 Å². The van der Waals surface area contributed by atoms with E-state index in [4.69, 9.17) is 4.74 Å². The second-order valence-corrected chi connectivity index (χ2v) is 6.50. The fourth-order valence-electron chi connectivity index (χ4n) is 2.69. The van der Waals surface area contributed by atoms with Gasteiger partial charge in [0, 0.05) is 24.0 Å². The van der Waals surface area contributed by atoms with Crippen molar-refractivity contribution in [2.24, 2.45) is 0 Å². The summed E-state index contributed by atoms with van der Waals surface area (Å²) < 4.78 is 34.1. The van der Waals surface area contributed by atoms with Crippen molar-refractivity contribution in [1.82, 2.24) is 4.90 Å². The van der Waals surface area contributed by atoms with Crippen molar-refractivity contribution >= 4 is 23.3 Å². The van der Waals surface area contributed by atoms with Crippen molar-refractivity contribution in [3.8, 4) is 11.5 Å². The lowest BCUT2D eigenvalue weighted by Crippen LogP contribution is -2.34. The van der Waals surface area contributed by atoms with E-state index in [2.05, 4.69) is 10.8 Å². The zero-order valence-corrected chi connectivity index (χ0v) is 14.4. The van der Waals surface area contributed by atoms with Gasteiger partial charge in [-0.25, -0.2) is 0 Å². The number of amides is 1. The van der Waals surface area contributed by atoms with E-state index in [1.165, 1.54) is 29.7 Å². The summed E-state index contributed by atoms with van der Waals surface area (Å²) in [6, 6.07) is 6.59. The number of ether oxygens (including phenoxy) is 2. The van der Waals surface area contributed by atoms with Crippen LogP contribution < -0.4 is 9.47 Å². The summed E-state index contributed by atoms with van der Waals surface area (Å²) in [6.45, 7) is -1.61. The van der Waals surface area contributed by atoms with Crippen LogP contribution in [0.25, 0.3) is 6.08 Å². The highest BCUT2D eigenvalue weighted by Crippen LogP contribution is 2.30. The number of nitrogens with zero attached hydrogens (tertiary/aromatic N) is 1. The number of methoxy groups -OCH3 is 1. The third-order valence-electron chi connectivity index (χ3n) is 3.94. The normalized spacial score (nSPS) is 14.0. The minimum Gasteiger partial charge on any atom is -0.493 e. The lowest BCUT2D eigenvalue weighted by Gasteiger charge is -2.25. The van der Waals surface area contributed by atoms with Gasteiger partial charge in [0.25, 0.3) is 0 Å². The van der Waals surface area contributed by atoms with E-state index in [-0.39, 0.29) is 17.4 Å². The number of carbonyl (C=O) groups is 1. The Morgan fingerprint density at radius 3 is 2.92 bits per heavy atom. The summed E-state index contributed by atoms with van der Waals surface area (Å²) in [5.74, 6) is 0.0708. The van der Waals surface area contributed by atoms with Gasteiger partial charge in [-0.1, -0.05) is 6.07 Å². The molecule has 2 heterocycles. The van der Waals surface area contributed by atoms with Crippen molar-refractivity contribution in [3.63, 3.8) is 0 Å². The van der Waals surface area contributed by atoms with Gasteiger partial charge in [-0.05, 0) is 47.2 Å². The number of rotatable bonds is 5. The number of hydrogen-bond acceptors (Lipinski definition) is 4. The first-order chi connectivity index (χ1) is 12.1. The Kier molecular flexibility index (Phi) is 5.33. The first-order valence-corrected chi connectivity index (χ1v) is 8.60. The molecule has 7 heteroatoms. The summed E-state index contributed by atoms with van der Waals surface area (Å²) in [6.07, 6.45) is 4.00. The smallest absolute Gasteiger partial charge is 0.387 e. The van der Waals surface area contributed by atoms with Crippen molar-refractivity contribution < 1.29 is 23.0 Å². The van der Waals surface area contributed by atoms with Gasteiger partial charge < -0.3 is 14.4 Å². The second kappa shape index (κ2) is 7.65. The Bertz CT molecular complexity index is 788. The van der Waals surface area contributed by atoms with E-state index in [1.54, 1.807) is 34.4 Å². The van der Waals surface area contributed by atoms with E-state index >= 15 is 0 Å². The van der Waals surface area contributed by atoms with Gasteiger partial charge in [0.05, 0.1) is 7.11 Å². The molecule has 0 fully saturated rings. The monoisotopic (exact) mass is 365 g/mol. The summed E-state index contributed by atoms with van der Waals surface area (Å²) >= 11 is 1.72. The number of alkyl halides is 2. The van der Waals surface area contributed by atoms with Gasteiger partial charge in [0.2, 0.25) is 5.91 Å². The van der Waals surface area contributed by atoms with Crippen LogP contribution >= 0.6 is 11.3 Å². The molecular weight excluding hydrogens is 348 g/mol. The Morgan fingerprint density at radius 1 is 1.32 bits per heavy atom. The van der Waals surface area contributed by atoms with Crippen LogP contribution in [0.3, 0.4) is 0 Å². The fraction of sp³-hybridized carbons (Fsp3) is 0.278. The fourth-order valence-corrected chi connectivity index (χ4v) is 3.58. The van der Waals surface area contributed by atoms with E-state index in [9.17, 15) is 13.6 Å². The van der Waals surface area contributed by atoms with Gasteiger partial charge >= 0.3 is 6.61 Å². The molecule has 0 unspecified atom stereocenters. The molecule has 4 nitrogen and oxygen atoms in total. The quantitative estimate of drug-likeness (QED) is 0.753. The number of halogens is 2. The molecule has 0 saturated heterocycles. The molecule has 3 rings (SSSR count). The first kappa shape index (κ1) is 17.4. The van der Waals surface area contributed by atoms with Crippen LogP contribution in [-0.2, 0) is 17.8 Å². The van der Waals surface area contributed by atoms with Gasteiger partial charge in [0.15, 0.2) is 11.5 Å². The Morgan fingerprint density at radius 2 is 2.16 bits per heavy atom. The molecule has 0 aliphatic carbocycles. The number of thiophene rings is 1. The molecular formula is C18H17F2NO3S. The highest BCUT2D eigenvalue weighted by Gasteiger charge is 2.19. The van der Waals surface area contributed by atoms with Crippen LogP contribution in [0.5, 0.6) is 11.5 Å². The van der Waals surface area contributed by atoms with Crippen molar-refractivity contribution in [2.75, 3.05) is 13.7 Å². The molecule has 1 aliphatic heterocycles. The van der Waals surface area contributed by atoms with Crippen LogP contribution in [-0.4, -0.2) is 31.1 Å². The average molecular weight is 365 g/mol. The van der Waals surface area contributed by atoms with Crippen LogP contribution in [0.4, 0.5) is 8.78 Å². The molecule has 0 atom stereocenters. The predicted molar refractivity (Wildman–Crippen MR) is 92.1 cm³/mol. The molecule has 0 saturated carbocycles. The molecule has 0 bridgehead atoms. The summed E-state index contributed by atoms with van der Waals surface area (Å²) in [4.78, 5) is 15.5. The standard InChI is InChI=1S/C18H17F2NO3S/c1-23-15-10-12(2-4-14(15)24-18(19)20)3-5-17(22)21-8-6-16-13(11-21)7-9-25-16/h2-5,7,9-10,18H,6,8,11H2,1H3/b5-3+. The predicted octanol–water partition coefficient (Wildman–Crippen LogP) is 3.96. The first-order valence-electron chi connectivity index (χ1n) is 7.72. The summed E-state index contributed by atoms with van der Waals surface area (Å²) in [7, 11) is 1.37. The maximum atomic E-state index is 12.4. The molecule has 0 radical (unpaired) electrons. The molecule has 1 aromatic heterocycles. The number of fused-ring (bicyclic) bond motifs is 1. The Balaban J connectivity index is 1.68. The highest BCUT2D eigenvalue weighted by atomic mass is 32.1. The van der Waals surface area contributed by atoms with Crippen molar-refractivity contribution in [2.45, 2.75) is 19.6 Å². The maximum absolute atomic E-state index is 12.4. The Labute approximate surface area is 148 Å². The van der Waals surface area contributed by atoms with Crippen LogP contribution in [0.1, 0.15) is 16.0 Å². The molecule has 0 spiro atoms. The van der Waals surface area contributed by atoms with E-state index < -0.39 is 6.61 Å². The molecule has 2 aromatic rings. The molecule has 132 valence electrons. The average Bonchev–Trinajstić information content (AvgIpc) is 3.07.